The van der Waals surface area contributed by atoms with Gasteiger partial charge in [-0.3, -0.25) is 14.2 Å². The third kappa shape index (κ3) is 4.54. The number of halogens is 1. The minimum absolute atomic E-state index is 0.0781. The molecule has 2 heterocycles. The third-order valence-electron chi connectivity index (χ3n) is 7.83. The molecule has 41 heavy (non-hydrogen) atoms. The van der Waals surface area contributed by atoms with Crippen LogP contribution in [0.1, 0.15) is 25.3 Å². The van der Waals surface area contributed by atoms with Gasteiger partial charge >= 0.3 is 17.2 Å². The molecular weight excluding hydrogens is 542 g/mol. The Morgan fingerprint density at radius 1 is 0.927 bits per heavy atom. The average Bonchev–Trinajstić information content (AvgIpc) is 2.92. The first kappa shape index (κ1) is 26.7. The van der Waals surface area contributed by atoms with E-state index in [1.165, 1.54) is 14.0 Å². The molecule has 0 spiro atoms. The lowest BCUT2D eigenvalue weighted by Gasteiger charge is -2.37. The van der Waals surface area contributed by atoms with E-state index in [1.807, 2.05) is 62.4 Å². The van der Waals surface area contributed by atoms with Crippen molar-refractivity contribution in [3.8, 4) is 22.6 Å². The summed E-state index contributed by atoms with van der Waals surface area (Å²) in [6, 6.07) is 22.0. The number of amides is 1. The molecule has 0 bridgehead atoms. The molecule has 1 amide bonds. The van der Waals surface area contributed by atoms with Crippen molar-refractivity contribution in [2.24, 2.45) is 5.92 Å². The second-order valence-electron chi connectivity index (χ2n) is 10.9. The Bertz CT molecular complexity index is 1970. The van der Waals surface area contributed by atoms with E-state index in [2.05, 4.69) is 0 Å². The van der Waals surface area contributed by atoms with Crippen LogP contribution >= 0.6 is 11.6 Å². The molecule has 6 rings (SSSR count). The quantitative estimate of drug-likeness (QED) is 0.250. The van der Waals surface area contributed by atoms with E-state index >= 15 is 0 Å². The molecule has 2 N–H and O–H groups in total. The van der Waals surface area contributed by atoms with Crippen LogP contribution in [0.3, 0.4) is 0 Å². The summed E-state index contributed by atoms with van der Waals surface area (Å²) in [4.78, 5) is 40.1. The van der Waals surface area contributed by atoms with Gasteiger partial charge in [0.2, 0.25) is 0 Å². The van der Waals surface area contributed by atoms with Crippen molar-refractivity contribution >= 4 is 39.5 Å². The average molecular weight is 570 g/mol. The lowest BCUT2D eigenvalue weighted by atomic mass is 9.96. The van der Waals surface area contributed by atoms with Crippen molar-refractivity contribution < 1.29 is 15.0 Å². The summed E-state index contributed by atoms with van der Waals surface area (Å²) >= 11 is 6.91. The molecular formula is C32H28ClN3O5. The number of carbonyl (C=O) groups is 1. The second kappa shape index (κ2) is 10.1. The number of rotatable bonds is 5. The van der Waals surface area contributed by atoms with Gasteiger partial charge in [-0.25, -0.2) is 4.79 Å². The van der Waals surface area contributed by atoms with Crippen molar-refractivity contribution in [2.75, 3.05) is 13.1 Å². The van der Waals surface area contributed by atoms with Crippen LogP contribution in [0.15, 0.2) is 82.4 Å². The highest BCUT2D eigenvalue weighted by molar-refractivity contribution is 6.34. The topological polar surface area (TPSA) is 105 Å². The largest absolute Gasteiger partial charge is 0.508 e. The Labute approximate surface area is 240 Å². The molecule has 0 aliphatic carbocycles. The maximum Gasteiger partial charge on any atom is 0.407 e. The van der Waals surface area contributed by atoms with Gasteiger partial charge in [0.15, 0.2) is 0 Å². The van der Waals surface area contributed by atoms with Crippen LogP contribution in [-0.2, 0) is 6.54 Å². The number of aromatic hydroxyl groups is 1. The Balaban J connectivity index is 1.66. The van der Waals surface area contributed by atoms with Gasteiger partial charge in [-0.1, -0.05) is 67.9 Å². The molecule has 8 nitrogen and oxygen atoms in total. The van der Waals surface area contributed by atoms with Crippen molar-refractivity contribution in [3.63, 3.8) is 0 Å². The zero-order valence-electron chi connectivity index (χ0n) is 22.5. The number of phenolic OH excluding ortho intramolecular Hbond substituents is 1. The summed E-state index contributed by atoms with van der Waals surface area (Å²) in [5.74, 6) is 0.0448. The predicted molar refractivity (Wildman–Crippen MR) is 161 cm³/mol. The molecule has 1 aliphatic heterocycles. The number of likely N-dealkylation sites (tertiary alicyclic amines) is 1. The van der Waals surface area contributed by atoms with Crippen LogP contribution in [0.2, 0.25) is 5.02 Å². The minimum atomic E-state index is -1.01. The molecule has 208 valence electrons. The minimum Gasteiger partial charge on any atom is -0.508 e. The Kier molecular flexibility index (Phi) is 6.58. The Morgan fingerprint density at radius 3 is 2.37 bits per heavy atom. The maximum atomic E-state index is 13.9. The van der Waals surface area contributed by atoms with E-state index in [1.54, 1.807) is 24.3 Å². The molecule has 1 aliphatic rings. The first-order valence-corrected chi connectivity index (χ1v) is 13.8. The van der Waals surface area contributed by atoms with Crippen molar-refractivity contribution in [1.82, 2.24) is 14.0 Å². The first-order valence-electron chi connectivity index (χ1n) is 13.4. The van der Waals surface area contributed by atoms with E-state index in [0.29, 0.717) is 32.9 Å². The number of aromatic nitrogens is 2. The highest BCUT2D eigenvalue weighted by atomic mass is 35.5. The molecule has 1 aromatic heterocycles. The highest BCUT2D eigenvalue weighted by Crippen LogP contribution is 2.39. The van der Waals surface area contributed by atoms with Gasteiger partial charge < -0.3 is 19.7 Å². The zero-order valence-corrected chi connectivity index (χ0v) is 23.3. The van der Waals surface area contributed by atoms with Crippen LogP contribution in [0, 0.1) is 5.92 Å². The monoisotopic (exact) mass is 569 g/mol. The fourth-order valence-electron chi connectivity index (χ4n) is 5.80. The van der Waals surface area contributed by atoms with Crippen LogP contribution in [0.25, 0.3) is 38.6 Å². The fourth-order valence-corrected chi connectivity index (χ4v) is 6.06. The smallest absolute Gasteiger partial charge is 0.407 e. The van der Waals surface area contributed by atoms with Crippen molar-refractivity contribution in [1.29, 1.82) is 0 Å². The fraction of sp³-hybridized carbons (Fsp3) is 0.219. The number of para-hydroxylation sites is 1. The number of carboxylic acid groups (broad SMARTS) is 1. The van der Waals surface area contributed by atoms with Crippen molar-refractivity contribution in [2.45, 2.75) is 26.3 Å². The van der Waals surface area contributed by atoms with Gasteiger partial charge in [0, 0.05) is 31.1 Å². The predicted octanol–water partition coefficient (Wildman–Crippen LogP) is 6.06. The number of hydrogen-bond acceptors (Lipinski definition) is 4. The van der Waals surface area contributed by atoms with E-state index in [0.717, 1.165) is 16.3 Å². The molecule has 4 aromatic carbocycles. The van der Waals surface area contributed by atoms with E-state index < -0.39 is 17.2 Å². The van der Waals surface area contributed by atoms with Crippen LogP contribution in [-0.4, -0.2) is 43.4 Å². The normalized spacial score (nSPS) is 13.7. The molecule has 0 unspecified atom stereocenters. The Hall–Kier alpha value is -4.56. The van der Waals surface area contributed by atoms with E-state index in [9.17, 15) is 24.6 Å². The van der Waals surface area contributed by atoms with Crippen LogP contribution in [0.5, 0.6) is 5.75 Å². The molecule has 5 aromatic rings. The maximum absolute atomic E-state index is 13.9. The van der Waals surface area contributed by atoms with Crippen LogP contribution in [0.4, 0.5) is 4.79 Å². The molecule has 1 saturated heterocycles. The summed E-state index contributed by atoms with van der Waals surface area (Å²) in [5, 5.41) is 21.9. The van der Waals surface area contributed by atoms with Crippen LogP contribution < -0.4 is 11.1 Å². The van der Waals surface area contributed by atoms with Gasteiger partial charge in [0.25, 0.3) is 0 Å². The van der Waals surface area contributed by atoms with Gasteiger partial charge in [0.05, 0.1) is 21.7 Å². The first-order chi connectivity index (χ1) is 19.6. The zero-order chi connectivity index (χ0) is 29.0. The summed E-state index contributed by atoms with van der Waals surface area (Å²) in [7, 11) is 0. The van der Waals surface area contributed by atoms with Crippen molar-refractivity contribution in [3.05, 3.63) is 104 Å². The molecule has 0 radical (unpaired) electrons. The third-order valence-corrected chi connectivity index (χ3v) is 8.14. The molecule has 1 fully saturated rings. The molecule has 0 atom stereocenters. The lowest BCUT2D eigenvalue weighted by molar-refractivity contribution is 0.0748. The van der Waals surface area contributed by atoms with E-state index in [4.69, 9.17) is 11.6 Å². The number of phenols is 1. The van der Waals surface area contributed by atoms with Gasteiger partial charge in [0.1, 0.15) is 5.75 Å². The number of hydrogen-bond donors (Lipinski definition) is 2. The lowest BCUT2D eigenvalue weighted by Crippen LogP contribution is -2.52. The van der Waals surface area contributed by atoms with E-state index in [-0.39, 0.29) is 37.2 Å². The summed E-state index contributed by atoms with van der Waals surface area (Å²) < 4.78 is 2.88. The van der Waals surface area contributed by atoms with Gasteiger partial charge in [-0.05, 0) is 58.1 Å². The van der Waals surface area contributed by atoms with Gasteiger partial charge in [-0.2, -0.15) is 0 Å². The number of fused-ring (bicyclic) bond motifs is 2. The second-order valence-corrected chi connectivity index (χ2v) is 11.3. The summed E-state index contributed by atoms with van der Waals surface area (Å²) in [6.07, 6.45) is -1.01. The highest BCUT2D eigenvalue weighted by Gasteiger charge is 2.32. The Morgan fingerprint density at radius 2 is 1.63 bits per heavy atom. The molecule has 0 saturated carbocycles. The van der Waals surface area contributed by atoms with Gasteiger partial charge in [-0.15, -0.1) is 0 Å². The SMILES string of the molecule is CC(C)c1ccccc1-n1c(=O)c(=O)n(CC2CN(C(=O)O)C2)c2cc(Cl)c(-c3cc(O)cc4ccccc34)cc21. The summed E-state index contributed by atoms with van der Waals surface area (Å²) in [5.41, 5.74) is 2.37. The summed E-state index contributed by atoms with van der Waals surface area (Å²) in [6.45, 7) is 4.80. The standard InChI is InChI=1S/C32H28ClN3O5/c1-18(2)22-8-5-6-10-27(22)36-29-13-25(24-12-21(37)11-20-7-3-4-9-23(20)24)26(33)14-28(29)35(30(38)31(36)39)17-19-15-34(16-19)32(40)41/h3-14,18-19,37H,15-17H2,1-2H3,(H,40,41). The number of nitrogens with zero attached hydrogens (tertiary/aromatic N) is 3. The number of benzene rings is 4. The molecule has 9 heteroatoms.